The van der Waals surface area contributed by atoms with Crippen LogP contribution in [0.15, 0.2) is 24.3 Å². The quantitative estimate of drug-likeness (QED) is 0.866. The number of halogens is 1. The summed E-state index contributed by atoms with van der Waals surface area (Å²) >= 11 is 5.97. The van der Waals surface area contributed by atoms with E-state index in [1.165, 1.54) is 0 Å². The Balaban J connectivity index is 2.00. The summed E-state index contributed by atoms with van der Waals surface area (Å²) in [6, 6.07) is 7.94. The fourth-order valence-electron chi connectivity index (χ4n) is 3.00. The average Bonchev–Trinajstić information content (AvgIpc) is 2.86. The molecule has 3 unspecified atom stereocenters. The Hall–Kier alpha value is -1.30. The number of hydrogen-bond acceptors (Lipinski definition) is 3. The summed E-state index contributed by atoms with van der Waals surface area (Å²) in [7, 11) is 3.83. The number of aliphatic hydroxyl groups is 1. The number of nitrogens with one attached hydrogen (secondary N) is 1. The molecule has 1 fully saturated rings. The zero-order chi connectivity index (χ0) is 17.0. The zero-order valence-corrected chi connectivity index (χ0v) is 14.8. The Morgan fingerprint density at radius 3 is 2.74 bits per heavy atom. The third kappa shape index (κ3) is 4.83. The minimum atomic E-state index is -0.398. The van der Waals surface area contributed by atoms with E-state index >= 15 is 0 Å². The number of likely N-dealkylation sites (tertiary alicyclic amines) is 1. The second kappa shape index (κ2) is 7.99. The van der Waals surface area contributed by atoms with Gasteiger partial charge in [0, 0.05) is 25.2 Å². The molecule has 0 saturated carbocycles. The van der Waals surface area contributed by atoms with Gasteiger partial charge in [-0.05, 0) is 44.5 Å². The minimum Gasteiger partial charge on any atom is -0.393 e. The molecule has 0 aromatic heterocycles. The molecule has 3 atom stereocenters. The molecule has 2 N–H and O–H groups in total. The number of hydrogen-bond donors (Lipinski definition) is 2. The summed E-state index contributed by atoms with van der Waals surface area (Å²) < 4.78 is 0. The summed E-state index contributed by atoms with van der Waals surface area (Å²) in [4.78, 5) is 16.2. The fourth-order valence-corrected chi connectivity index (χ4v) is 3.12. The number of nitrogens with zero attached hydrogens (tertiary/aromatic N) is 2. The van der Waals surface area contributed by atoms with E-state index in [9.17, 15) is 9.90 Å². The summed E-state index contributed by atoms with van der Waals surface area (Å²) in [5, 5.41) is 13.2. The fraction of sp³-hybridized carbons (Fsp3) is 0.588. The Morgan fingerprint density at radius 2 is 2.13 bits per heavy atom. The van der Waals surface area contributed by atoms with Crippen molar-refractivity contribution in [2.75, 3.05) is 27.2 Å². The van der Waals surface area contributed by atoms with Gasteiger partial charge in [0.25, 0.3) is 0 Å². The van der Waals surface area contributed by atoms with Crippen LogP contribution < -0.4 is 5.32 Å². The van der Waals surface area contributed by atoms with Crippen LogP contribution in [-0.4, -0.2) is 60.3 Å². The van der Waals surface area contributed by atoms with Crippen molar-refractivity contribution in [1.82, 2.24) is 15.1 Å². The molecule has 0 aliphatic carbocycles. The van der Waals surface area contributed by atoms with Crippen LogP contribution in [0.25, 0.3) is 0 Å². The second-order valence-electron chi connectivity index (χ2n) is 6.38. The van der Waals surface area contributed by atoms with Gasteiger partial charge in [0.1, 0.15) is 0 Å². The molecular formula is C17H26ClN3O2. The van der Waals surface area contributed by atoms with Gasteiger partial charge < -0.3 is 15.3 Å². The number of carbonyl (C=O) groups excluding carboxylic acids is 1. The molecule has 1 heterocycles. The van der Waals surface area contributed by atoms with Crippen molar-refractivity contribution in [1.29, 1.82) is 0 Å². The molecule has 6 heteroatoms. The maximum absolute atomic E-state index is 12.3. The van der Waals surface area contributed by atoms with E-state index in [1.807, 2.05) is 24.3 Å². The molecule has 1 aliphatic rings. The third-order valence-electron chi connectivity index (χ3n) is 4.40. The highest BCUT2D eigenvalue weighted by Crippen LogP contribution is 2.31. The van der Waals surface area contributed by atoms with E-state index in [-0.39, 0.29) is 18.1 Å². The molecule has 1 saturated heterocycles. The molecule has 128 valence electrons. The van der Waals surface area contributed by atoms with E-state index in [0.717, 1.165) is 18.5 Å². The van der Waals surface area contributed by atoms with Crippen molar-refractivity contribution in [3.05, 3.63) is 34.9 Å². The van der Waals surface area contributed by atoms with Gasteiger partial charge in [-0.25, -0.2) is 4.79 Å². The predicted octanol–water partition coefficient (Wildman–Crippen LogP) is 2.50. The van der Waals surface area contributed by atoms with Gasteiger partial charge in [-0.15, -0.1) is 0 Å². The number of amides is 2. The average molecular weight is 340 g/mol. The molecule has 0 bridgehead atoms. The van der Waals surface area contributed by atoms with Crippen LogP contribution in [-0.2, 0) is 0 Å². The first kappa shape index (κ1) is 18.0. The minimum absolute atomic E-state index is 0.0719. The molecule has 0 radical (unpaired) electrons. The summed E-state index contributed by atoms with van der Waals surface area (Å²) in [6.07, 6.45) is 1.10. The van der Waals surface area contributed by atoms with Crippen LogP contribution in [0, 0.1) is 0 Å². The van der Waals surface area contributed by atoms with Crippen LogP contribution in [0.5, 0.6) is 0 Å². The van der Waals surface area contributed by atoms with Crippen LogP contribution in [0.1, 0.15) is 31.4 Å². The summed E-state index contributed by atoms with van der Waals surface area (Å²) in [5.41, 5.74) is 1.16. The molecule has 2 rings (SSSR count). The van der Waals surface area contributed by atoms with Crippen LogP contribution in [0.4, 0.5) is 4.79 Å². The first-order valence-corrected chi connectivity index (χ1v) is 8.41. The summed E-state index contributed by atoms with van der Waals surface area (Å²) in [6.45, 7) is 3.21. The van der Waals surface area contributed by atoms with Crippen molar-refractivity contribution in [3.8, 4) is 0 Å². The maximum Gasteiger partial charge on any atom is 0.317 e. The largest absolute Gasteiger partial charge is 0.393 e. The van der Waals surface area contributed by atoms with Crippen LogP contribution in [0.2, 0.25) is 5.02 Å². The van der Waals surface area contributed by atoms with Gasteiger partial charge in [-0.2, -0.15) is 0 Å². The molecule has 0 spiro atoms. The van der Waals surface area contributed by atoms with Gasteiger partial charge in [-0.3, -0.25) is 4.90 Å². The highest BCUT2D eigenvalue weighted by atomic mass is 35.5. The lowest BCUT2D eigenvalue weighted by Crippen LogP contribution is -2.45. The van der Waals surface area contributed by atoms with Crippen molar-refractivity contribution in [2.24, 2.45) is 0 Å². The lowest BCUT2D eigenvalue weighted by molar-refractivity contribution is 0.161. The van der Waals surface area contributed by atoms with Gasteiger partial charge in [-0.1, -0.05) is 23.7 Å². The van der Waals surface area contributed by atoms with Crippen LogP contribution in [0.3, 0.4) is 0 Å². The second-order valence-corrected chi connectivity index (χ2v) is 6.82. The molecule has 2 amide bonds. The number of aliphatic hydroxyl groups excluding tert-OH is 1. The molecular weight excluding hydrogens is 314 g/mol. The topological polar surface area (TPSA) is 55.8 Å². The number of carbonyl (C=O) groups is 1. The highest BCUT2D eigenvalue weighted by molar-refractivity contribution is 6.30. The van der Waals surface area contributed by atoms with E-state index in [2.05, 4.69) is 17.3 Å². The molecule has 1 aromatic rings. The Labute approximate surface area is 143 Å². The van der Waals surface area contributed by atoms with Gasteiger partial charge in [0.2, 0.25) is 0 Å². The van der Waals surface area contributed by atoms with Gasteiger partial charge in [0.05, 0.1) is 18.2 Å². The predicted molar refractivity (Wildman–Crippen MR) is 92.7 cm³/mol. The van der Waals surface area contributed by atoms with E-state index in [0.29, 0.717) is 18.0 Å². The standard InChI is InChI=1S/C17H26ClN3O2/c1-12(22)8-10-21(3)17(23)19-15-9-11-20(2)16(15)13-4-6-14(18)7-5-13/h4-7,12,15-16,22H,8-11H2,1-3H3,(H,19,23). The Kier molecular flexibility index (Phi) is 6.27. The van der Waals surface area contributed by atoms with Crippen molar-refractivity contribution >= 4 is 17.6 Å². The monoisotopic (exact) mass is 339 g/mol. The lowest BCUT2D eigenvalue weighted by atomic mass is 10.0. The SMILES string of the molecule is CC(O)CCN(C)C(=O)NC1CCN(C)C1c1ccc(Cl)cc1. The van der Waals surface area contributed by atoms with Gasteiger partial charge in [0.15, 0.2) is 0 Å². The van der Waals surface area contributed by atoms with Crippen molar-refractivity contribution in [3.63, 3.8) is 0 Å². The lowest BCUT2D eigenvalue weighted by Gasteiger charge is -2.28. The maximum atomic E-state index is 12.3. The van der Waals surface area contributed by atoms with Crippen molar-refractivity contribution < 1.29 is 9.90 Å². The van der Waals surface area contributed by atoms with E-state index in [4.69, 9.17) is 11.6 Å². The Bertz CT molecular complexity index is 521. The molecule has 23 heavy (non-hydrogen) atoms. The smallest absolute Gasteiger partial charge is 0.317 e. The number of benzene rings is 1. The van der Waals surface area contributed by atoms with Crippen molar-refractivity contribution in [2.45, 2.75) is 38.0 Å². The number of urea groups is 1. The molecule has 1 aliphatic heterocycles. The molecule has 1 aromatic carbocycles. The normalized spacial score (nSPS) is 22.8. The molecule has 5 nitrogen and oxygen atoms in total. The Morgan fingerprint density at radius 1 is 1.48 bits per heavy atom. The van der Waals surface area contributed by atoms with Gasteiger partial charge >= 0.3 is 6.03 Å². The number of likely N-dealkylation sites (N-methyl/N-ethyl adjacent to an activating group) is 1. The van der Waals surface area contributed by atoms with Crippen LogP contribution >= 0.6 is 11.6 Å². The van der Waals surface area contributed by atoms with E-state index < -0.39 is 6.10 Å². The first-order chi connectivity index (χ1) is 10.9. The summed E-state index contributed by atoms with van der Waals surface area (Å²) in [5.74, 6) is 0. The van der Waals surface area contributed by atoms with E-state index in [1.54, 1.807) is 18.9 Å². The first-order valence-electron chi connectivity index (χ1n) is 8.04. The zero-order valence-electron chi connectivity index (χ0n) is 14.0. The number of rotatable bonds is 5. The highest BCUT2D eigenvalue weighted by Gasteiger charge is 2.34. The third-order valence-corrected chi connectivity index (χ3v) is 4.65.